The Morgan fingerprint density at radius 3 is 2.40 bits per heavy atom. The molecule has 0 bridgehead atoms. The summed E-state index contributed by atoms with van der Waals surface area (Å²) in [7, 11) is 1.69. The van der Waals surface area contributed by atoms with Crippen LogP contribution in [0.2, 0.25) is 0 Å². The molecule has 84 valence electrons. The van der Waals surface area contributed by atoms with Gasteiger partial charge < -0.3 is 10.1 Å². The normalized spacial score (nSPS) is 11.7. The maximum Gasteiger partial charge on any atom is 0.123 e. The topological polar surface area (TPSA) is 21.3 Å². The average molecular weight is 211 g/mol. The van der Waals surface area contributed by atoms with Crippen LogP contribution in [0.5, 0.6) is 0 Å². The van der Waals surface area contributed by atoms with Crippen molar-refractivity contribution in [2.75, 3.05) is 13.7 Å². The summed E-state index contributed by atoms with van der Waals surface area (Å²) in [6.07, 6.45) is 0. The van der Waals surface area contributed by atoms with Gasteiger partial charge in [-0.15, -0.1) is 0 Å². The van der Waals surface area contributed by atoms with Crippen LogP contribution in [0.15, 0.2) is 24.3 Å². The quantitative estimate of drug-likeness (QED) is 0.807. The van der Waals surface area contributed by atoms with E-state index in [-0.39, 0.29) is 11.4 Å². The standard InChI is InChI=1S/C12H18FNO/c1-12(2,15-3)9-14-8-10-4-6-11(13)7-5-10/h4-7,14H,8-9H2,1-3H3. The molecule has 2 nitrogen and oxygen atoms in total. The third kappa shape index (κ3) is 4.40. The van der Waals surface area contributed by atoms with Crippen molar-refractivity contribution in [1.82, 2.24) is 5.32 Å². The molecule has 0 fully saturated rings. The Labute approximate surface area is 90.4 Å². The Morgan fingerprint density at radius 1 is 1.27 bits per heavy atom. The molecule has 1 rings (SSSR count). The molecule has 1 N–H and O–H groups in total. The van der Waals surface area contributed by atoms with Crippen LogP contribution in [0.25, 0.3) is 0 Å². The minimum atomic E-state index is -0.198. The van der Waals surface area contributed by atoms with E-state index in [9.17, 15) is 4.39 Å². The fourth-order valence-corrected chi connectivity index (χ4v) is 1.18. The number of hydrogen-bond acceptors (Lipinski definition) is 2. The first-order valence-electron chi connectivity index (χ1n) is 5.04. The summed E-state index contributed by atoms with van der Waals surface area (Å²) in [5.74, 6) is -0.198. The average Bonchev–Trinajstić information content (AvgIpc) is 2.21. The van der Waals surface area contributed by atoms with Crippen molar-refractivity contribution in [3.8, 4) is 0 Å². The second-order valence-electron chi connectivity index (χ2n) is 4.19. The highest BCUT2D eigenvalue weighted by Gasteiger charge is 2.14. The van der Waals surface area contributed by atoms with E-state index in [4.69, 9.17) is 4.74 Å². The van der Waals surface area contributed by atoms with Gasteiger partial charge in [-0.05, 0) is 31.5 Å². The van der Waals surface area contributed by atoms with Gasteiger partial charge in [0.15, 0.2) is 0 Å². The fraction of sp³-hybridized carbons (Fsp3) is 0.500. The smallest absolute Gasteiger partial charge is 0.123 e. The third-order valence-electron chi connectivity index (χ3n) is 2.35. The maximum absolute atomic E-state index is 12.6. The molecule has 0 aliphatic heterocycles. The van der Waals surface area contributed by atoms with Gasteiger partial charge in [0.05, 0.1) is 5.60 Å². The lowest BCUT2D eigenvalue weighted by atomic mass is 10.1. The van der Waals surface area contributed by atoms with Crippen LogP contribution >= 0.6 is 0 Å². The van der Waals surface area contributed by atoms with Gasteiger partial charge in [0, 0.05) is 20.2 Å². The van der Waals surface area contributed by atoms with Crippen molar-refractivity contribution in [1.29, 1.82) is 0 Å². The van der Waals surface area contributed by atoms with Gasteiger partial charge in [-0.25, -0.2) is 4.39 Å². The lowest BCUT2D eigenvalue weighted by Crippen LogP contribution is -2.36. The van der Waals surface area contributed by atoms with E-state index in [0.717, 1.165) is 18.7 Å². The molecular formula is C12H18FNO. The predicted octanol–water partition coefficient (Wildman–Crippen LogP) is 2.34. The first kappa shape index (κ1) is 12.1. The van der Waals surface area contributed by atoms with E-state index in [0.29, 0.717) is 0 Å². The first-order valence-corrected chi connectivity index (χ1v) is 5.04. The van der Waals surface area contributed by atoms with Crippen LogP contribution < -0.4 is 5.32 Å². The Bertz CT molecular complexity index is 295. The number of ether oxygens (including phenoxy) is 1. The third-order valence-corrected chi connectivity index (χ3v) is 2.35. The molecule has 0 aromatic heterocycles. The molecule has 3 heteroatoms. The Hall–Kier alpha value is -0.930. The molecule has 0 heterocycles. The predicted molar refractivity (Wildman–Crippen MR) is 59.2 cm³/mol. The molecule has 0 amide bonds. The van der Waals surface area contributed by atoms with Gasteiger partial charge in [-0.3, -0.25) is 0 Å². The highest BCUT2D eigenvalue weighted by Crippen LogP contribution is 2.06. The monoisotopic (exact) mass is 211 g/mol. The van der Waals surface area contributed by atoms with E-state index >= 15 is 0 Å². The van der Waals surface area contributed by atoms with Crippen molar-refractivity contribution in [3.05, 3.63) is 35.6 Å². The van der Waals surface area contributed by atoms with Crippen molar-refractivity contribution in [2.24, 2.45) is 0 Å². The Kier molecular flexibility index (Phi) is 4.24. The minimum absolute atomic E-state index is 0.167. The van der Waals surface area contributed by atoms with Crippen molar-refractivity contribution >= 4 is 0 Å². The molecule has 15 heavy (non-hydrogen) atoms. The molecule has 0 unspecified atom stereocenters. The zero-order valence-corrected chi connectivity index (χ0v) is 9.51. The second kappa shape index (κ2) is 5.24. The molecule has 0 radical (unpaired) electrons. The molecular weight excluding hydrogens is 193 g/mol. The van der Waals surface area contributed by atoms with Gasteiger partial charge >= 0.3 is 0 Å². The molecule has 0 spiro atoms. The lowest BCUT2D eigenvalue weighted by molar-refractivity contribution is 0.0230. The molecule has 1 aromatic rings. The van der Waals surface area contributed by atoms with Crippen LogP contribution in [0, 0.1) is 5.82 Å². The fourth-order valence-electron chi connectivity index (χ4n) is 1.18. The van der Waals surface area contributed by atoms with Gasteiger partial charge in [-0.1, -0.05) is 12.1 Å². The Morgan fingerprint density at radius 2 is 1.87 bits per heavy atom. The van der Waals surface area contributed by atoms with Crippen LogP contribution in [0.1, 0.15) is 19.4 Å². The number of methoxy groups -OCH3 is 1. The number of nitrogens with one attached hydrogen (secondary N) is 1. The van der Waals surface area contributed by atoms with Crippen LogP contribution in [0.4, 0.5) is 4.39 Å². The van der Waals surface area contributed by atoms with Gasteiger partial charge in [0.2, 0.25) is 0 Å². The molecule has 0 saturated heterocycles. The summed E-state index contributed by atoms with van der Waals surface area (Å²) in [6.45, 7) is 5.53. The SMILES string of the molecule is COC(C)(C)CNCc1ccc(F)cc1. The van der Waals surface area contributed by atoms with Crippen LogP contribution in [-0.4, -0.2) is 19.3 Å². The first-order chi connectivity index (χ1) is 7.03. The van der Waals surface area contributed by atoms with Gasteiger partial charge in [0.1, 0.15) is 5.82 Å². The summed E-state index contributed by atoms with van der Waals surface area (Å²) in [5.41, 5.74) is 0.906. The summed E-state index contributed by atoms with van der Waals surface area (Å²) in [6, 6.07) is 6.50. The molecule has 0 aliphatic carbocycles. The van der Waals surface area contributed by atoms with E-state index in [2.05, 4.69) is 5.32 Å². The zero-order valence-electron chi connectivity index (χ0n) is 9.51. The van der Waals surface area contributed by atoms with Gasteiger partial charge in [0.25, 0.3) is 0 Å². The van der Waals surface area contributed by atoms with Gasteiger partial charge in [-0.2, -0.15) is 0 Å². The molecule has 1 aromatic carbocycles. The van der Waals surface area contributed by atoms with E-state index < -0.39 is 0 Å². The van der Waals surface area contributed by atoms with Crippen molar-refractivity contribution in [2.45, 2.75) is 26.0 Å². The highest BCUT2D eigenvalue weighted by atomic mass is 19.1. The van der Waals surface area contributed by atoms with Crippen molar-refractivity contribution in [3.63, 3.8) is 0 Å². The molecule has 0 aliphatic rings. The lowest BCUT2D eigenvalue weighted by Gasteiger charge is -2.23. The summed E-state index contributed by atoms with van der Waals surface area (Å²) < 4.78 is 17.9. The van der Waals surface area contributed by atoms with Crippen molar-refractivity contribution < 1.29 is 9.13 Å². The maximum atomic E-state index is 12.6. The zero-order chi connectivity index (χ0) is 11.3. The summed E-state index contributed by atoms with van der Waals surface area (Å²) in [4.78, 5) is 0. The van der Waals surface area contributed by atoms with E-state index in [1.54, 1.807) is 19.2 Å². The second-order valence-corrected chi connectivity index (χ2v) is 4.19. The highest BCUT2D eigenvalue weighted by molar-refractivity contribution is 5.15. The number of rotatable bonds is 5. The molecule has 0 atom stereocenters. The van der Waals surface area contributed by atoms with E-state index in [1.165, 1.54) is 12.1 Å². The largest absolute Gasteiger partial charge is 0.377 e. The Balaban J connectivity index is 2.35. The number of benzene rings is 1. The van der Waals surface area contributed by atoms with Crippen LogP contribution in [-0.2, 0) is 11.3 Å². The minimum Gasteiger partial charge on any atom is -0.377 e. The van der Waals surface area contributed by atoms with E-state index in [1.807, 2.05) is 13.8 Å². The summed E-state index contributed by atoms with van der Waals surface area (Å²) >= 11 is 0. The summed E-state index contributed by atoms with van der Waals surface area (Å²) in [5, 5.41) is 3.26. The number of hydrogen-bond donors (Lipinski definition) is 1. The van der Waals surface area contributed by atoms with Crippen LogP contribution in [0.3, 0.4) is 0 Å². The number of halogens is 1. The molecule has 0 saturated carbocycles.